The second-order valence-electron chi connectivity index (χ2n) is 9.97. The minimum Gasteiger partial charge on any atom is -0.387 e. The number of fused-ring (bicyclic) bond motifs is 1. The molecule has 1 aromatic carbocycles. The number of aliphatic hydroxyl groups is 2. The van der Waals surface area contributed by atoms with Crippen LogP contribution in [0.25, 0.3) is 22.4 Å². The lowest BCUT2D eigenvalue weighted by atomic mass is 10.1. The molecule has 0 unspecified atom stereocenters. The molecule has 0 bridgehead atoms. The molecule has 14 nitrogen and oxygen atoms in total. The fourth-order valence-electron chi connectivity index (χ4n) is 5.26. The van der Waals surface area contributed by atoms with E-state index in [9.17, 15) is 10.2 Å². The third-order valence-electron chi connectivity index (χ3n) is 7.40. The van der Waals surface area contributed by atoms with Gasteiger partial charge in [-0.3, -0.25) is 9.47 Å². The highest BCUT2D eigenvalue weighted by atomic mass is 16.6. The van der Waals surface area contributed by atoms with Gasteiger partial charge in [-0.2, -0.15) is 9.78 Å². The maximum atomic E-state index is 11.2. The third kappa shape index (κ3) is 5.04. The molecule has 4 N–H and O–H groups in total. The topological polar surface area (TPSA) is 164 Å². The smallest absolute Gasteiger partial charge is 0.225 e. The Morgan fingerprint density at radius 3 is 2.58 bits per heavy atom. The standard InChI is InChI=1S/C26H35N11O3/c1-3-17-29-19-18(16-8-6-5-7-9-16)30-26(28-12-15-35-13-10-27-11-14-35)31-24(19)37(17)25-21(39)20(38)22(40-25)23-32-34-36(4-2)33-23/h5-9,20-22,25,27,38-39H,3-4,10-15H2,1-2H3,(H,28,30,31)/t20-,21+,22-,25+/m0/s1. The van der Waals surface area contributed by atoms with Gasteiger partial charge in [-0.1, -0.05) is 37.3 Å². The summed E-state index contributed by atoms with van der Waals surface area (Å²) in [5.74, 6) is 1.33. The number of hydrogen-bond acceptors (Lipinski definition) is 12. The van der Waals surface area contributed by atoms with Crippen molar-refractivity contribution in [1.29, 1.82) is 0 Å². The minimum absolute atomic E-state index is 0.216. The molecule has 212 valence electrons. The van der Waals surface area contributed by atoms with Crippen molar-refractivity contribution in [3.63, 3.8) is 0 Å². The van der Waals surface area contributed by atoms with Gasteiger partial charge in [0.1, 0.15) is 29.2 Å². The number of benzene rings is 1. The van der Waals surface area contributed by atoms with Gasteiger partial charge in [-0.15, -0.1) is 10.2 Å². The van der Waals surface area contributed by atoms with Crippen LogP contribution in [0, 0.1) is 0 Å². The van der Waals surface area contributed by atoms with Crippen LogP contribution in [0.15, 0.2) is 30.3 Å². The van der Waals surface area contributed by atoms with E-state index in [1.807, 2.05) is 44.2 Å². The SMILES string of the molecule is CCc1nc2c(-c3ccccc3)nc(NCCN3CCNCC3)nc2n1[C@@H]1O[C@H](c2nnn(CC)n2)[C@@H](O)[C@H]1O. The first-order valence-corrected chi connectivity index (χ1v) is 13.9. The van der Waals surface area contributed by atoms with Gasteiger partial charge in [-0.05, 0) is 12.1 Å². The molecule has 6 rings (SSSR count). The number of imidazole rings is 1. The van der Waals surface area contributed by atoms with Crippen molar-refractivity contribution in [3.05, 3.63) is 42.0 Å². The van der Waals surface area contributed by atoms with Crippen molar-refractivity contribution in [3.8, 4) is 11.3 Å². The van der Waals surface area contributed by atoms with E-state index >= 15 is 0 Å². The van der Waals surface area contributed by atoms with Crippen LogP contribution in [0.3, 0.4) is 0 Å². The maximum Gasteiger partial charge on any atom is 0.225 e. The highest BCUT2D eigenvalue weighted by molar-refractivity contribution is 5.89. The summed E-state index contributed by atoms with van der Waals surface area (Å²) in [6.07, 6.45) is -3.88. The highest BCUT2D eigenvalue weighted by Crippen LogP contribution is 2.40. The van der Waals surface area contributed by atoms with Crippen molar-refractivity contribution >= 4 is 17.1 Å². The average Bonchev–Trinajstić information content (AvgIpc) is 3.69. The Labute approximate surface area is 231 Å². The van der Waals surface area contributed by atoms with Gasteiger partial charge in [0.2, 0.25) is 11.8 Å². The zero-order valence-electron chi connectivity index (χ0n) is 22.7. The lowest BCUT2D eigenvalue weighted by Crippen LogP contribution is -2.45. The van der Waals surface area contributed by atoms with Gasteiger partial charge >= 0.3 is 0 Å². The van der Waals surface area contributed by atoms with E-state index in [2.05, 4.69) is 30.9 Å². The molecule has 0 saturated carbocycles. The van der Waals surface area contributed by atoms with Crippen LogP contribution in [-0.4, -0.2) is 106 Å². The molecular formula is C26H35N11O3. The van der Waals surface area contributed by atoms with Gasteiger partial charge in [0.15, 0.2) is 18.0 Å². The number of anilines is 1. The summed E-state index contributed by atoms with van der Waals surface area (Å²) in [5.41, 5.74) is 2.69. The molecule has 2 fully saturated rings. The number of aryl methyl sites for hydroxylation is 2. The van der Waals surface area contributed by atoms with Crippen LogP contribution in [0.4, 0.5) is 5.95 Å². The Kier molecular flexibility index (Phi) is 7.67. The molecule has 14 heteroatoms. The monoisotopic (exact) mass is 549 g/mol. The van der Waals surface area contributed by atoms with Crippen LogP contribution >= 0.6 is 0 Å². The van der Waals surface area contributed by atoms with Gasteiger partial charge in [-0.25, -0.2) is 9.97 Å². The number of rotatable bonds is 9. The number of aromatic nitrogens is 8. The van der Waals surface area contributed by atoms with Gasteiger partial charge in [0.25, 0.3) is 0 Å². The molecule has 2 aliphatic heterocycles. The molecule has 4 aromatic rings. The fraction of sp³-hybridized carbons (Fsp3) is 0.538. The van der Waals surface area contributed by atoms with E-state index in [-0.39, 0.29) is 5.82 Å². The zero-order chi connectivity index (χ0) is 27.6. The Morgan fingerprint density at radius 1 is 1.05 bits per heavy atom. The first-order valence-electron chi connectivity index (χ1n) is 13.9. The third-order valence-corrected chi connectivity index (χ3v) is 7.40. The Balaban J connectivity index is 1.38. The Bertz CT molecular complexity index is 1440. The summed E-state index contributed by atoms with van der Waals surface area (Å²) in [6.45, 7) is 9.92. The van der Waals surface area contributed by atoms with Crippen molar-refractivity contribution in [2.45, 2.75) is 51.4 Å². The molecule has 0 amide bonds. The Morgan fingerprint density at radius 2 is 1.85 bits per heavy atom. The van der Waals surface area contributed by atoms with E-state index in [0.29, 0.717) is 48.1 Å². The first kappa shape index (κ1) is 26.7. The highest BCUT2D eigenvalue weighted by Gasteiger charge is 2.48. The van der Waals surface area contributed by atoms with E-state index in [1.54, 1.807) is 4.57 Å². The molecule has 5 heterocycles. The molecule has 40 heavy (non-hydrogen) atoms. The van der Waals surface area contributed by atoms with Crippen molar-refractivity contribution in [2.75, 3.05) is 44.6 Å². The maximum absolute atomic E-state index is 11.2. The van der Waals surface area contributed by atoms with Crippen LogP contribution in [0.1, 0.15) is 37.8 Å². The van der Waals surface area contributed by atoms with Crippen molar-refractivity contribution < 1.29 is 14.9 Å². The fourth-order valence-corrected chi connectivity index (χ4v) is 5.26. The molecule has 2 aliphatic rings. The second kappa shape index (κ2) is 11.5. The van der Waals surface area contributed by atoms with Crippen molar-refractivity contribution in [1.82, 2.24) is 49.9 Å². The summed E-state index contributed by atoms with van der Waals surface area (Å²) in [4.78, 5) is 18.4. The largest absolute Gasteiger partial charge is 0.387 e. The molecule has 0 spiro atoms. The Hall–Kier alpha value is -3.56. The minimum atomic E-state index is -1.26. The predicted octanol–water partition coefficient (Wildman–Crippen LogP) is 0.371. The molecule has 0 radical (unpaired) electrons. The molecule has 0 aliphatic carbocycles. The van der Waals surface area contributed by atoms with Gasteiger partial charge in [0, 0.05) is 51.3 Å². The van der Waals surface area contributed by atoms with Crippen LogP contribution in [0.5, 0.6) is 0 Å². The second-order valence-corrected chi connectivity index (χ2v) is 9.97. The number of piperazine rings is 1. The summed E-state index contributed by atoms with van der Waals surface area (Å²) in [7, 11) is 0. The summed E-state index contributed by atoms with van der Waals surface area (Å²) >= 11 is 0. The van der Waals surface area contributed by atoms with Gasteiger partial charge < -0.3 is 25.6 Å². The summed E-state index contributed by atoms with van der Waals surface area (Å²) in [5, 5.41) is 41.2. The van der Waals surface area contributed by atoms with Crippen LogP contribution in [0.2, 0.25) is 0 Å². The van der Waals surface area contributed by atoms with Gasteiger partial charge in [0.05, 0.1) is 6.54 Å². The normalized spacial score (nSPS) is 23.7. The first-order chi connectivity index (χ1) is 19.6. The van der Waals surface area contributed by atoms with E-state index in [4.69, 9.17) is 19.7 Å². The number of nitrogens with zero attached hydrogens (tertiary/aromatic N) is 9. The van der Waals surface area contributed by atoms with E-state index in [1.165, 1.54) is 4.80 Å². The molecular weight excluding hydrogens is 514 g/mol. The lowest BCUT2D eigenvalue weighted by Gasteiger charge is -2.27. The summed E-state index contributed by atoms with van der Waals surface area (Å²) in [6, 6.07) is 9.85. The van der Waals surface area contributed by atoms with E-state index in [0.717, 1.165) is 38.3 Å². The number of aliphatic hydroxyl groups excluding tert-OH is 2. The molecule has 3 aromatic heterocycles. The van der Waals surface area contributed by atoms with Crippen LogP contribution < -0.4 is 10.6 Å². The number of nitrogens with one attached hydrogen (secondary N) is 2. The predicted molar refractivity (Wildman–Crippen MR) is 146 cm³/mol. The lowest BCUT2D eigenvalue weighted by molar-refractivity contribution is -0.0398. The molecule has 2 saturated heterocycles. The quantitative estimate of drug-likeness (QED) is 0.227. The van der Waals surface area contributed by atoms with E-state index < -0.39 is 24.5 Å². The summed E-state index contributed by atoms with van der Waals surface area (Å²) < 4.78 is 7.99. The van der Waals surface area contributed by atoms with Crippen molar-refractivity contribution in [2.24, 2.45) is 0 Å². The number of ether oxygens (including phenoxy) is 1. The number of tetrazole rings is 1. The van der Waals surface area contributed by atoms with Crippen LogP contribution in [-0.2, 0) is 17.7 Å². The molecule has 4 atom stereocenters. The average molecular weight is 550 g/mol. The zero-order valence-corrected chi connectivity index (χ0v) is 22.7. The number of hydrogen-bond donors (Lipinski definition) is 4.